The molecular formula is C12H7N5. The molecule has 1 aromatic carbocycles. The summed E-state index contributed by atoms with van der Waals surface area (Å²) in [4.78, 5) is 5.66. The van der Waals surface area contributed by atoms with E-state index in [2.05, 4.69) is 15.2 Å². The summed E-state index contributed by atoms with van der Waals surface area (Å²) < 4.78 is 0. The van der Waals surface area contributed by atoms with Gasteiger partial charge in [-0.25, -0.2) is 4.98 Å². The van der Waals surface area contributed by atoms with Crippen LogP contribution in [0.15, 0.2) is 42.7 Å². The Hall–Kier alpha value is -2.74. The number of nitrogens with zero attached hydrogens (tertiary/aromatic N) is 5. The molecule has 0 N–H and O–H groups in total. The fraction of sp³-hybridized carbons (Fsp3) is 0. The van der Waals surface area contributed by atoms with Crippen molar-refractivity contribution in [1.29, 1.82) is 5.26 Å². The van der Waals surface area contributed by atoms with Gasteiger partial charge in [0, 0.05) is 5.39 Å². The Kier molecular flexibility index (Phi) is 2.06. The number of fused-ring (bicyclic) bond motifs is 1. The van der Waals surface area contributed by atoms with Crippen LogP contribution in [-0.2, 0) is 0 Å². The SMILES string of the molecule is N#Cc1cc2ccccc2c(-n2nccn2)n1. The molecule has 0 unspecified atom stereocenters. The summed E-state index contributed by atoms with van der Waals surface area (Å²) in [7, 11) is 0. The van der Waals surface area contributed by atoms with Crippen LogP contribution in [0.2, 0.25) is 0 Å². The van der Waals surface area contributed by atoms with Crippen molar-refractivity contribution in [3.8, 4) is 11.9 Å². The van der Waals surface area contributed by atoms with Gasteiger partial charge in [-0.2, -0.15) is 15.5 Å². The van der Waals surface area contributed by atoms with Gasteiger partial charge in [-0.05, 0) is 11.5 Å². The fourth-order valence-corrected chi connectivity index (χ4v) is 1.72. The molecule has 80 valence electrons. The highest BCUT2D eigenvalue weighted by Crippen LogP contribution is 2.20. The normalized spacial score (nSPS) is 10.3. The van der Waals surface area contributed by atoms with Crippen molar-refractivity contribution in [2.24, 2.45) is 0 Å². The summed E-state index contributed by atoms with van der Waals surface area (Å²) in [5, 5.41) is 18.9. The highest BCUT2D eigenvalue weighted by Gasteiger charge is 2.08. The Bertz CT molecular complexity index is 709. The van der Waals surface area contributed by atoms with Crippen LogP contribution in [0.3, 0.4) is 0 Å². The Morgan fingerprint density at radius 1 is 1.12 bits per heavy atom. The Morgan fingerprint density at radius 2 is 1.88 bits per heavy atom. The second kappa shape index (κ2) is 3.68. The number of rotatable bonds is 1. The molecule has 2 aromatic heterocycles. The van der Waals surface area contributed by atoms with Crippen LogP contribution in [0.4, 0.5) is 0 Å². The standard InChI is InChI=1S/C12H7N5/c13-8-10-7-9-3-1-2-4-11(9)12(16-10)17-14-5-6-15-17/h1-7H. The molecule has 3 rings (SSSR count). The van der Waals surface area contributed by atoms with Crippen LogP contribution < -0.4 is 0 Å². The lowest BCUT2D eigenvalue weighted by atomic mass is 10.1. The lowest BCUT2D eigenvalue weighted by Crippen LogP contribution is -2.03. The minimum Gasteiger partial charge on any atom is -0.216 e. The summed E-state index contributed by atoms with van der Waals surface area (Å²) in [6, 6.07) is 11.5. The third-order valence-electron chi connectivity index (χ3n) is 2.44. The molecule has 0 saturated carbocycles. The predicted molar refractivity (Wildman–Crippen MR) is 61.4 cm³/mol. The average Bonchev–Trinajstić information content (AvgIpc) is 2.91. The van der Waals surface area contributed by atoms with Crippen LogP contribution in [0, 0.1) is 11.3 Å². The molecule has 5 heteroatoms. The van der Waals surface area contributed by atoms with Gasteiger partial charge in [-0.3, -0.25) is 0 Å². The van der Waals surface area contributed by atoms with Gasteiger partial charge in [-0.15, -0.1) is 4.80 Å². The van der Waals surface area contributed by atoms with Crippen molar-refractivity contribution >= 4 is 10.8 Å². The number of nitriles is 1. The molecule has 0 spiro atoms. The number of hydrogen-bond acceptors (Lipinski definition) is 4. The lowest BCUT2D eigenvalue weighted by Gasteiger charge is -2.04. The number of pyridine rings is 1. The Morgan fingerprint density at radius 3 is 2.65 bits per heavy atom. The monoisotopic (exact) mass is 221 g/mol. The average molecular weight is 221 g/mol. The van der Waals surface area contributed by atoms with Gasteiger partial charge in [0.1, 0.15) is 11.8 Å². The molecule has 0 saturated heterocycles. The Balaban J connectivity index is 2.40. The molecular weight excluding hydrogens is 214 g/mol. The minimum atomic E-state index is 0.357. The van der Waals surface area contributed by atoms with Crippen LogP contribution >= 0.6 is 0 Å². The Labute approximate surface area is 96.9 Å². The molecule has 0 aliphatic rings. The topological polar surface area (TPSA) is 67.4 Å². The maximum Gasteiger partial charge on any atom is 0.183 e. The van der Waals surface area contributed by atoms with Crippen molar-refractivity contribution in [2.75, 3.05) is 0 Å². The van der Waals surface area contributed by atoms with E-state index in [1.165, 1.54) is 4.80 Å². The third kappa shape index (κ3) is 1.52. The molecule has 0 radical (unpaired) electrons. The molecule has 0 aliphatic heterocycles. The molecule has 5 nitrogen and oxygen atoms in total. The van der Waals surface area contributed by atoms with Crippen LogP contribution in [0.5, 0.6) is 0 Å². The van der Waals surface area contributed by atoms with Gasteiger partial charge in [0.25, 0.3) is 0 Å². The molecule has 3 aromatic rings. The first-order valence-electron chi connectivity index (χ1n) is 5.05. The van der Waals surface area contributed by atoms with Crippen molar-refractivity contribution in [3.05, 3.63) is 48.4 Å². The maximum absolute atomic E-state index is 8.96. The van der Waals surface area contributed by atoms with Crippen molar-refractivity contribution < 1.29 is 0 Å². The molecule has 17 heavy (non-hydrogen) atoms. The zero-order chi connectivity index (χ0) is 11.7. The molecule has 0 bridgehead atoms. The molecule has 0 amide bonds. The first-order valence-corrected chi connectivity index (χ1v) is 5.05. The number of benzene rings is 1. The van der Waals surface area contributed by atoms with Crippen molar-refractivity contribution in [2.45, 2.75) is 0 Å². The molecule has 0 atom stereocenters. The van der Waals surface area contributed by atoms with Gasteiger partial charge in [-0.1, -0.05) is 24.3 Å². The van der Waals surface area contributed by atoms with Gasteiger partial charge in [0.05, 0.1) is 12.4 Å². The van der Waals surface area contributed by atoms with Crippen molar-refractivity contribution in [1.82, 2.24) is 20.0 Å². The van der Waals surface area contributed by atoms with Gasteiger partial charge < -0.3 is 0 Å². The number of aromatic nitrogens is 4. The molecule has 0 fully saturated rings. The van der Waals surface area contributed by atoms with E-state index in [-0.39, 0.29) is 0 Å². The second-order valence-electron chi connectivity index (χ2n) is 3.48. The smallest absolute Gasteiger partial charge is 0.183 e. The first-order chi connectivity index (χ1) is 8.38. The van der Waals surface area contributed by atoms with Gasteiger partial charge in [0.2, 0.25) is 0 Å². The third-order valence-corrected chi connectivity index (χ3v) is 2.44. The van der Waals surface area contributed by atoms with E-state index in [0.717, 1.165) is 10.8 Å². The second-order valence-corrected chi connectivity index (χ2v) is 3.48. The van der Waals surface area contributed by atoms with Crippen LogP contribution in [0.25, 0.3) is 16.6 Å². The predicted octanol–water partition coefficient (Wildman–Crippen LogP) is 1.69. The first kappa shape index (κ1) is 9.48. The van der Waals surface area contributed by atoms with Crippen LogP contribution in [0.1, 0.15) is 5.69 Å². The zero-order valence-corrected chi connectivity index (χ0v) is 8.78. The minimum absolute atomic E-state index is 0.357. The summed E-state index contributed by atoms with van der Waals surface area (Å²) >= 11 is 0. The summed E-state index contributed by atoms with van der Waals surface area (Å²) in [6.45, 7) is 0. The summed E-state index contributed by atoms with van der Waals surface area (Å²) in [6.07, 6.45) is 3.16. The zero-order valence-electron chi connectivity index (χ0n) is 8.78. The van der Waals surface area contributed by atoms with E-state index in [1.807, 2.05) is 30.3 Å². The van der Waals surface area contributed by atoms with Gasteiger partial charge in [0.15, 0.2) is 5.82 Å². The van der Waals surface area contributed by atoms with Gasteiger partial charge >= 0.3 is 0 Å². The van der Waals surface area contributed by atoms with E-state index >= 15 is 0 Å². The maximum atomic E-state index is 8.96. The quantitative estimate of drug-likeness (QED) is 0.627. The number of hydrogen-bond donors (Lipinski definition) is 0. The summed E-state index contributed by atoms with van der Waals surface area (Å²) in [5.41, 5.74) is 0.357. The van der Waals surface area contributed by atoms with E-state index < -0.39 is 0 Å². The fourth-order valence-electron chi connectivity index (χ4n) is 1.72. The summed E-state index contributed by atoms with van der Waals surface area (Å²) in [5.74, 6) is 0.574. The van der Waals surface area contributed by atoms with Crippen LogP contribution in [-0.4, -0.2) is 20.0 Å². The molecule has 2 heterocycles. The van der Waals surface area contributed by atoms with Crippen molar-refractivity contribution in [3.63, 3.8) is 0 Å². The molecule has 0 aliphatic carbocycles. The largest absolute Gasteiger partial charge is 0.216 e. The lowest BCUT2D eigenvalue weighted by molar-refractivity contribution is 0.735. The van der Waals surface area contributed by atoms with E-state index in [0.29, 0.717) is 11.5 Å². The van der Waals surface area contributed by atoms with E-state index in [9.17, 15) is 0 Å². The van der Waals surface area contributed by atoms with E-state index in [1.54, 1.807) is 18.5 Å². The van der Waals surface area contributed by atoms with E-state index in [4.69, 9.17) is 5.26 Å². The highest BCUT2D eigenvalue weighted by atomic mass is 15.5. The highest BCUT2D eigenvalue weighted by molar-refractivity contribution is 5.89.